The van der Waals surface area contributed by atoms with Crippen molar-refractivity contribution in [2.75, 3.05) is 31.1 Å². The van der Waals surface area contributed by atoms with Crippen LogP contribution < -0.4 is 4.90 Å². The van der Waals surface area contributed by atoms with Gasteiger partial charge in [-0.3, -0.25) is 4.90 Å². The van der Waals surface area contributed by atoms with Crippen molar-refractivity contribution in [1.82, 2.24) is 14.9 Å². The Morgan fingerprint density at radius 1 is 1.10 bits per heavy atom. The number of aromatic hydroxyl groups is 1. The molecule has 0 aliphatic carbocycles. The van der Waals surface area contributed by atoms with Gasteiger partial charge in [-0.1, -0.05) is 12.1 Å². The highest BCUT2D eigenvalue weighted by Gasteiger charge is 2.26. The van der Waals surface area contributed by atoms with Crippen molar-refractivity contribution in [2.45, 2.75) is 13.0 Å². The van der Waals surface area contributed by atoms with Crippen molar-refractivity contribution in [1.29, 1.82) is 5.26 Å². The molecule has 1 aromatic heterocycles. The molecule has 1 fully saturated rings. The van der Waals surface area contributed by atoms with Crippen LogP contribution in [0.2, 0.25) is 0 Å². The van der Waals surface area contributed by atoms with Crippen LogP contribution in [0.3, 0.4) is 0 Å². The number of phenolic OH excluding ortho intramolecular Hbond substituents is 1. The molecule has 1 atom stereocenters. The fraction of sp³-hybridized carbons (Fsp3) is 0.273. The second kappa shape index (κ2) is 7.86. The average Bonchev–Trinajstić information content (AvgIpc) is 3.18. The van der Waals surface area contributed by atoms with E-state index >= 15 is 0 Å². The van der Waals surface area contributed by atoms with Crippen LogP contribution in [-0.4, -0.2) is 57.3 Å². The molecule has 2 heterocycles. The van der Waals surface area contributed by atoms with Crippen LogP contribution in [0.5, 0.6) is 5.75 Å². The zero-order valence-electron chi connectivity index (χ0n) is 16.2. The number of nitriles is 1. The SMILES string of the molecule is C[C@H](/C(O)=C(\C#N)c1nc2ccccc2[nH]1)N1CCN(c2ccc(O)cc2)CC1. The minimum Gasteiger partial charge on any atom is -0.509 e. The van der Waals surface area contributed by atoms with Crippen LogP contribution in [0, 0.1) is 11.3 Å². The van der Waals surface area contributed by atoms with E-state index < -0.39 is 0 Å². The lowest BCUT2D eigenvalue weighted by Gasteiger charge is -2.39. The average molecular weight is 389 g/mol. The van der Waals surface area contributed by atoms with Crippen molar-refractivity contribution >= 4 is 22.3 Å². The summed E-state index contributed by atoms with van der Waals surface area (Å²) >= 11 is 0. The Kier molecular flexibility index (Phi) is 5.10. The summed E-state index contributed by atoms with van der Waals surface area (Å²) in [7, 11) is 0. The predicted octanol–water partition coefficient (Wildman–Crippen LogP) is 3.27. The maximum absolute atomic E-state index is 10.8. The van der Waals surface area contributed by atoms with Gasteiger partial charge in [-0.25, -0.2) is 4.98 Å². The molecule has 1 saturated heterocycles. The van der Waals surface area contributed by atoms with E-state index in [-0.39, 0.29) is 23.1 Å². The van der Waals surface area contributed by atoms with Crippen molar-refractivity contribution in [3.8, 4) is 11.8 Å². The number of phenols is 1. The van der Waals surface area contributed by atoms with E-state index in [1.54, 1.807) is 12.1 Å². The minimum absolute atomic E-state index is 0.0321. The summed E-state index contributed by atoms with van der Waals surface area (Å²) < 4.78 is 0. The van der Waals surface area contributed by atoms with E-state index in [0.717, 1.165) is 42.9 Å². The molecule has 0 amide bonds. The predicted molar refractivity (Wildman–Crippen MR) is 113 cm³/mol. The highest BCUT2D eigenvalue weighted by molar-refractivity contribution is 5.83. The molecule has 1 aliphatic heterocycles. The molecule has 0 radical (unpaired) electrons. The standard InChI is InChI=1S/C22H23N5O2/c1-15(26-10-12-27(13-11-26)16-6-8-17(28)9-7-16)21(29)18(14-23)22-24-19-4-2-3-5-20(19)25-22/h2-9,15,28-29H,10-13H2,1H3,(H,24,25)/b21-18-/t15-/m1/s1. The van der Waals surface area contributed by atoms with Crippen LogP contribution in [0.25, 0.3) is 16.6 Å². The van der Waals surface area contributed by atoms with Gasteiger partial charge in [0.1, 0.15) is 23.2 Å². The fourth-order valence-electron chi connectivity index (χ4n) is 3.72. The quantitative estimate of drug-likeness (QED) is 0.468. The Morgan fingerprint density at radius 2 is 1.79 bits per heavy atom. The highest BCUT2D eigenvalue weighted by Crippen LogP contribution is 2.24. The third-order valence-corrected chi connectivity index (χ3v) is 5.47. The number of benzene rings is 2. The molecule has 2 aromatic carbocycles. The summed E-state index contributed by atoms with van der Waals surface area (Å²) in [5.74, 6) is 0.677. The third kappa shape index (κ3) is 3.75. The first-order valence-corrected chi connectivity index (χ1v) is 9.63. The second-order valence-corrected chi connectivity index (χ2v) is 7.19. The van der Waals surface area contributed by atoms with Crippen molar-refractivity contribution in [2.24, 2.45) is 0 Å². The number of nitrogens with one attached hydrogen (secondary N) is 1. The molecule has 148 valence electrons. The van der Waals surface area contributed by atoms with Gasteiger partial charge in [-0.2, -0.15) is 5.26 Å². The summed E-state index contributed by atoms with van der Waals surface area (Å²) in [5, 5.41) is 29.9. The van der Waals surface area contributed by atoms with Gasteiger partial charge in [0, 0.05) is 31.9 Å². The zero-order valence-corrected chi connectivity index (χ0v) is 16.2. The Labute approximate surface area is 169 Å². The van der Waals surface area contributed by atoms with Crippen molar-refractivity contribution in [3.05, 3.63) is 60.1 Å². The van der Waals surface area contributed by atoms with E-state index in [2.05, 4.69) is 25.8 Å². The first-order valence-electron chi connectivity index (χ1n) is 9.63. The van der Waals surface area contributed by atoms with Crippen LogP contribution in [-0.2, 0) is 0 Å². The summed E-state index contributed by atoms with van der Waals surface area (Å²) in [6.07, 6.45) is 0. The van der Waals surface area contributed by atoms with Gasteiger partial charge in [0.15, 0.2) is 5.82 Å². The number of para-hydroxylation sites is 2. The zero-order chi connectivity index (χ0) is 20.4. The molecular weight excluding hydrogens is 366 g/mol. The van der Waals surface area contributed by atoms with Crippen LogP contribution in [0.15, 0.2) is 54.3 Å². The molecule has 3 N–H and O–H groups in total. The number of aromatic amines is 1. The fourth-order valence-corrected chi connectivity index (χ4v) is 3.72. The lowest BCUT2D eigenvalue weighted by atomic mass is 10.1. The van der Waals surface area contributed by atoms with Gasteiger partial charge in [-0.15, -0.1) is 0 Å². The van der Waals surface area contributed by atoms with Gasteiger partial charge in [0.2, 0.25) is 0 Å². The number of H-pyrrole nitrogens is 1. The number of nitrogens with zero attached hydrogens (tertiary/aromatic N) is 4. The van der Waals surface area contributed by atoms with Crippen LogP contribution in [0.4, 0.5) is 5.69 Å². The molecule has 3 aromatic rings. The number of piperazine rings is 1. The van der Waals surface area contributed by atoms with E-state index in [1.165, 1.54) is 0 Å². The number of allylic oxidation sites excluding steroid dienone is 1. The van der Waals surface area contributed by atoms with E-state index in [0.29, 0.717) is 5.82 Å². The minimum atomic E-state index is -0.292. The molecule has 7 nitrogen and oxygen atoms in total. The van der Waals surface area contributed by atoms with Gasteiger partial charge in [-0.05, 0) is 43.3 Å². The van der Waals surface area contributed by atoms with E-state index in [9.17, 15) is 15.5 Å². The van der Waals surface area contributed by atoms with E-state index in [1.807, 2.05) is 43.3 Å². The number of aliphatic hydroxyl groups is 1. The van der Waals surface area contributed by atoms with Crippen molar-refractivity contribution < 1.29 is 10.2 Å². The van der Waals surface area contributed by atoms with Crippen LogP contribution in [0.1, 0.15) is 12.7 Å². The van der Waals surface area contributed by atoms with Crippen LogP contribution >= 0.6 is 0 Å². The lowest BCUT2D eigenvalue weighted by Crippen LogP contribution is -2.50. The number of aliphatic hydroxyl groups excluding tert-OH is 1. The first-order chi connectivity index (χ1) is 14.1. The Hall–Kier alpha value is -3.50. The number of aromatic nitrogens is 2. The number of fused-ring (bicyclic) bond motifs is 1. The first kappa shape index (κ1) is 18.8. The topological polar surface area (TPSA) is 99.4 Å². The summed E-state index contributed by atoms with van der Waals surface area (Å²) in [5.41, 5.74) is 2.83. The molecule has 0 saturated carbocycles. The normalized spacial score (nSPS) is 17.0. The molecular formula is C22H23N5O2. The van der Waals surface area contributed by atoms with Crippen molar-refractivity contribution in [3.63, 3.8) is 0 Å². The van der Waals surface area contributed by atoms with E-state index in [4.69, 9.17) is 0 Å². The molecule has 1 aliphatic rings. The van der Waals surface area contributed by atoms with Gasteiger partial charge >= 0.3 is 0 Å². The van der Waals surface area contributed by atoms with Gasteiger partial charge in [0.05, 0.1) is 17.1 Å². The maximum Gasteiger partial charge on any atom is 0.152 e. The van der Waals surface area contributed by atoms with Gasteiger partial charge < -0.3 is 20.1 Å². The highest BCUT2D eigenvalue weighted by atomic mass is 16.3. The summed E-state index contributed by atoms with van der Waals surface area (Å²) in [4.78, 5) is 12.0. The third-order valence-electron chi connectivity index (χ3n) is 5.47. The number of imidazole rings is 1. The molecule has 0 unspecified atom stereocenters. The summed E-state index contributed by atoms with van der Waals surface area (Å²) in [6.45, 7) is 5.02. The van der Waals surface area contributed by atoms with Gasteiger partial charge in [0.25, 0.3) is 0 Å². The number of hydrogen-bond donors (Lipinski definition) is 3. The lowest BCUT2D eigenvalue weighted by molar-refractivity contribution is 0.178. The molecule has 4 rings (SSSR count). The molecule has 0 spiro atoms. The second-order valence-electron chi connectivity index (χ2n) is 7.19. The largest absolute Gasteiger partial charge is 0.509 e. The molecule has 0 bridgehead atoms. The Balaban J connectivity index is 1.50. The Bertz CT molecular complexity index is 1040. The number of hydrogen-bond acceptors (Lipinski definition) is 6. The molecule has 29 heavy (non-hydrogen) atoms. The number of rotatable bonds is 4. The monoisotopic (exact) mass is 389 g/mol. The Morgan fingerprint density at radius 3 is 2.45 bits per heavy atom. The number of anilines is 1. The molecule has 7 heteroatoms. The smallest absolute Gasteiger partial charge is 0.152 e. The maximum atomic E-state index is 10.8. The summed E-state index contributed by atoms with van der Waals surface area (Å²) in [6, 6.07) is 16.5.